The Labute approximate surface area is 292 Å². The number of benzene rings is 5. The van der Waals surface area contributed by atoms with Crippen molar-refractivity contribution < 1.29 is 0 Å². The van der Waals surface area contributed by atoms with Gasteiger partial charge in [0.1, 0.15) is 0 Å². The van der Waals surface area contributed by atoms with E-state index in [2.05, 4.69) is 182 Å². The van der Waals surface area contributed by atoms with Gasteiger partial charge in [-0.2, -0.15) is 0 Å². The van der Waals surface area contributed by atoms with Gasteiger partial charge in [0.05, 0.1) is 5.69 Å². The molecular formula is C47H61N. The second-order valence-corrected chi connectivity index (χ2v) is 17.7. The molecule has 0 heterocycles. The van der Waals surface area contributed by atoms with Gasteiger partial charge in [0, 0.05) is 22.1 Å². The molecule has 5 aromatic rings. The van der Waals surface area contributed by atoms with Gasteiger partial charge in [-0.1, -0.05) is 139 Å². The van der Waals surface area contributed by atoms with E-state index in [9.17, 15) is 0 Å². The van der Waals surface area contributed by atoms with Crippen LogP contribution in [0.15, 0.2) is 72.8 Å². The van der Waals surface area contributed by atoms with Gasteiger partial charge in [-0.15, -0.1) is 0 Å². The molecule has 0 saturated heterocycles. The van der Waals surface area contributed by atoms with Gasteiger partial charge in [0.2, 0.25) is 0 Å². The molecule has 0 fully saturated rings. The van der Waals surface area contributed by atoms with Crippen LogP contribution < -0.4 is 4.90 Å². The number of aryl methyl sites for hydroxylation is 1. The lowest BCUT2D eigenvalue weighted by Gasteiger charge is -2.33. The molecule has 0 amide bonds. The molecule has 0 saturated carbocycles. The van der Waals surface area contributed by atoms with Crippen molar-refractivity contribution in [1.82, 2.24) is 0 Å². The summed E-state index contributed by atoms with van der Waals surface area (Å²) in [5.41, 5.74) is 13.5. The first-order valence-electron chi connectivity index (χ1n) is 18.4. The maximum absolute atomic E-state index is 2.63. The van der Waals surface area contributed by atoms with E-state index in [1.807, 2.05) is 0 Å². The van der Waals surface area contributed by atoms with Crippen LogP contribution in [-0.2, 0) is 10.8 Å². The molecule has 1 nitrogen and oxygen atoms in total. The average Bonchev–Trinajstić information content (AvgIpc) is 3.01. The van der Waals surface area contributed by atoms with Gasteiger partial charge < -0.3 is 4.90 Å². The summed E-state index contributed by atoms with van der Waals surface area (Å²) in [6, 6.07) is 29.2. The Morgan fingerprint density at radius 2 is 0.771 bits per heavy atom. The van der Waals surface area contributed by atoms with Crippen molar-refractivity contribution in [3.05, 3.63) is 112 Å². The summed E-state index contributed by atoms with van der Waals surface area (Å²) >= 11 is 0. The fourth-order valence-electron chi connectivity index (χ4n) is 6.91. The average molecular weight is 640 g/mol. The molecule has 0 aliphatic rings. The van der Waals surface area contributed by atoms with Crippen molar-refractivity contribution in [1.29, 1.82) is 0 Å². The summed E-state index contributed by atoms with van der Waals surface area (Å²) in [6.45, 7) is 34.9. The summed E-state index contributed by atoms with van der Waals surface area (Å²) in [5, 5.41) is 5.29. The maximum Gasteiger partial charge on any atom is 0.0618 e. The molecule has 5 aromatic carbocycles. The Morgan fingerprint density at radius 3 is 1.12 bits per heavy atom. The van der Waals surface area contributed by atoms with Crippen molar-refractivity contribution >= 4 is 38.6 Å². The van der Waals surface area contributed by atoms with E-state index in [0.29, 0.717) is 23.7 Å². The summed E-state index contributed by atoms with van der Waals surface area (Å²) in [7, 11) is 0. The molecule has 0 bridgehead atoms. The highest BCUT2D eigenvalue weighted by molar-refractivity contribution is 6.16. The zero-order valence-corrected chi connectivity index (χ0v) is 32.7. The second kappa shape index (κ2) is 13.0. The largest absolute Gasteiger partial charge is 0.309 e. The lowest BCUT2D eigenvalue weighted by Crippen LogP contribution is -2.16. The highest BCUT2D eigenvalue weighted by Gasteiger charge is 2.26. The number of hydrogen-bond donors (Lipinski definition) is 0. The van der Waals surface area contributed by atoms with Crippen LogP contribution in [0.3, 0.4) is 0 Å². The minimum Gasteiger partial charge on any atom is -0.309 e. The Kier molecular flexibility index (Phi) is 9.70. The van der Waals surface area contributed by atoms with Crippen molar-refractivity contribution in [2.45, 2.75) is 138 Å². The van der Waals surface area contributed by atoms with Crippen LogP contribution in [-0.4, -0.2) is 0 Å². The first-order chi connectivity index (χ1) is 22.3. The highest BCUT2D eigenvalue weighted by Crippen LogP contribution is 2.48. The zero-order valence-electron chi connectivity index (χ0n) is 32.7. The van der Waals surface area contributed by atoms with Crippen LogP contribution >= 0.6 is 0 Å². The minimum atomic E-state index is 0.0278. The fraction of sp³-hybridized carbons (Fsp3) is 0.447. The van der Waals surface area contributed by atoms with Crippen LogP contribution in [0.25, 0.3) is 21.5 Å². The fourth-order valence-corrected chi connectivity index (χ4v) is 6.91. The summed E-state index contributed by atoms with van der Waals surface area (Å²) in [5.74, 6) is 1.69. The normalized spacial score (nSPS) is 12.8. The quantitative estimate of drug-likeness (QED) is 0.160. The number of nitrogens with zero attached hydrogens (tertiary/aromatic N) is 1. The van der Waals surface area contributed by atoms with Crippen LogP contribution in [0.1, 0.15) is 160 Å². The van der Waals surface area contributed by atoms with Crippen molar-refractivity contribution in [2.24, 2.45) is 0 Å². The standard InChI is InChI=1S/C47H61N/c1-28(2)33-20-34(29(3)4)23-39(22-33)48(40-24-35(30(5)6)21-36(25-40)31(7)8)45-42-19-17-37(46(10,11)12)26-43(42)32(9)41-18-16-38(27-44(41)45)47(13,14)15/h16-31H,1-15H3. The van der Waals surface area contributed by atoms with E-state index < -0.39 is 0 Å². The van der Waals surface area contributed by atoms with Crippen molar-refractivity contribution in [3.8, 4) is 0 Å². The van der Waals surface area contributed by atoms with Gasteiger partial charge in [-0.05, 0) is 121 Å². The molecule has 0 aliphatic carbocycles. The van der Waals surface area contributed by atoms with Gasteiger partial charge in [0.25, 0.3) is 0 Å². The first kappa shape index (κ1) is 35.7. The first-order valence-corrected chi connectivity index (χ1v) is 18.4. The molecule has 0 spiro atoms. The number of hydrogen-bond acceptors (Lipinski definition) is 1. The van der Waals surface area contributed by atoms with Crippen LogP contribution in [0.2, 0.25) is 0 Å². The molecule has 48 heavy (non-hydrogen) atoms. The Balaban J connectivity index is 2.06. The van der Waals surface area contributed by atoms with Gasteiger partial charge >= 0.3 is 0 Å². The third-order valence-corrected chi connectivity index (χ3v) is 10.4. The number of anilines is 3. The monoisotopic (exact) mass is 639 g/mol. The smallest absolute Gasteiger partial charge is 0.0618 e. The van der Waals surface area contributed by atoms with E-state index in [4.69, 9.17) is 0 Å². The molecule has 0 aliphatic heterocycles. The minimum absolute atomic E-state index is 0.0278. The zero-order chi connectivity index (χ0) is 35.5. The third-order valence-electron chi connectivity index (χ3n) is 10.4. The highest BCUT2D eigenvalue weighted by atomic mass is 15.1. The number of fused-ring (bicyclic) bond motifs is 2. The predicted octanol–water partition coefficient (Wildman–Crippen LogP) is 14.9. The van der Waals surface area contributed by atoms with E-state index in [-0.39, 0.29) is 10.8 Å². The lowest BCUT2D eigenvalue weighted by atomic mass is 9.82. The molecule has 0 aromatic heterocycles. The van der Waals surface area contributed by atoms with Crippen molar-refractivity contribution in [2.75, 3.05) is 4.90 Å². The second-order valence-electron chi connectivity index (χ2n) is 17.7. The predicted molar refractivity (Wildman–Crippen MR) is 215 cm³/mol. The number of rotatable bonds is 7. The molecule has 0 unspecified atom stereocenters. The molecule has 5 rings (SSSR count). The Bertz CT molecular complexity index is 1840. The Morgan fingerprint density at radius 1 is 0.417 bits per heavy atom. The maximum atomic E-state index is 2.63. The summed E-state index contributed by atoms with van der Waals surface area (Å²) in [6.07, 6.45) is 0. The van der Waals surface area contributed by atoms with Gasteiger partial charge in [-0.3, -0.25) is 0 Å². The molecule has 1 heteroatoms. The third kappa shape index (κ3) is 6.94. The summed E-state index contributed by atoms with van der Waals surface area (Å²) < 4.78 is 0. The van der Waals surface area contributed by atoms with E-state index in [1.54, 1.807) is 0 Å². The lowest BCUT2D eigenvalue weighted by molar-refractivity contribution is 0.590. The van der Waals surface area contributed by atoms with Crippen molar-refractivity contribution in [3.63, 3.8) is 0 Å². The molecule has 0 N–H and O–H groups in total. The SMILES string of the molecule is Cc1c2cc(C(C)(C)C)ccc2c(N(c2cc(C(C)C)cc(C(C)C)c2)c2cc(C(C)C)cc(C(C)C)c2)c2cc(C(C)(C)C)ccc12. The van der Waals surface area contributed by atoms with Crippen LogP contribution in [0, 0.1) is 6.92 Å². The molecule has 0 atom stereocenters. The van der Waals surface area contributed by atoms with E-state index in [1.165, 1.54) is 77.6 Å². The van der Waals surface area contributed by atoms with Gasteiger partial charge in [0.15, 0.2) is 0 Å². The molecule has 0 radical (unpaired) electrons. The van der Waals surface area contributed by atoms with Crippen LogP contribution in [0.4, 0.5) is 17.1 Å². The van der Waals surface area contributed by atoms with E-state index in [0.717, 1.165) is 0 Å². The van der Waals surface area contributed by atoms with E-state index >= 15 is 0 Å². The topological polar surface area (TPSA) is 3.24 Å². The van der Waals surface area contributed by atoms with Crippen LogP contribution in [0.5, 0.6) is 0 Å². The van der Waals surface area contributed by atoms with Gasteiger partial charge in [-0.25, -0.2) is 0 Å². The molecular weight excluding hydrogens is 579 g/mol. The Hall–Kier alpha value is -3.58. The molecule has 254 valence electrons. The summed E-state index contributed by atoms with van der Waals surface area (Å²) in [4.78, 5) is 2.63.